The van der Waals surface area contributed by atoms with Gasteiger partial charge in [-0.15, -0.1) is 6.58 Å². The van der Waals surface area contributed by atoms with Crippen LogP contribution in [0.2, 0.25) is 0 Å². The lowest BCUT2D eigenvalue weighted by Crippen LogP contribution is -2.39. The van der Waals surface area contributed by atoms with Gasteiger partial charge in [-0.1, -0.05) is 6.08 Å². The van der Waals surface area contributed by atoms with Crippen molar-refractivity contribution in [3.8, 4) is 0 Å². The van der Waals surface area contributed by atoms with E-state index in [4.69, 9.17) is 0 Å². The van der Waals surface area contributed by atoms with Crippen molar-refractivity contribution in [2.45, 2.75) is 6.18 Å². The Morgan fingerprint density at radius 3 is 2.57 bits per heavy atom. The van der Waals surface area contributed by atoms with Crippen LogP contribution in [-0.4, -0.2) is 35.0 Å². The molecule has 0 aliphatic heterocycles. The number of carbonyl (C=O) groups excluding carboxylic acids is 1. The van der Waals surface area contributed by atoms with Crippen molar-refractivity contribution in [3.63, 3.8) is 0 Å². The number of nitro groups is 1. The van der Waals surface area contributed by atoms with Crippen LogP contribution in [0.15, 0.2) is 35.3 Å². The Kier molecular flexibility index (Phi) is 5.47. The molecule has 9 heteroatoms. The Morgan fingerprint density at radius 2 is 2.10 bits per heavy atom. The van der Waals surface area contributed by atoms with Crippen LogP contribution in [0.3, 0.4) is 0 Å². The van der Waals surface area contributed by atoms with Gasteiger partial charge in [-0.2, -0.15) is 13.2 Å². The van der Waals surface area contributed by atoms with E-state index in [-0.39, 0.29) is 16.6 Å². The molecule has 21 heavy (non-hydrogen) atoms. The summed E-state index contributed by atoms with van der Waals surface area (Å²) < 4.78 is 37.4. The van der Waals surface area contributed by atoms with Gasteiger partial charge >= 0.3 is 6.18 Å². The number of rotatable bonds is 5. The van der Waals surface area contributed by atoms with Crippen LogP contribution in [0.1, 0.15) is 10.4 Å². The van der Waals surface area contributed by atoms with E-state index in [2.05, 4.69) is 22.5 Å². The summed E-state index contributed by atoms with van der Waals surface area (Å²) in [6, 6.07) is 3.38. The van der Waals surface area contributed by atoms with E-state index in [1.807, 2.05) is 0 Å². The number of benzene rings is 1. The minimum atomic E-state index is -4.57. The van der Waals surface area contributed by atoms with Crippen molar-refractivity contribution in [2.75, 3.05) is 13.1 Å². The molecule has 0 saturated carbocycles. The van der Waals surface area contributed by atoms with Gasteiger partial charge in [0.25, 0.3) is 11.6 Å². The number of amides is 1. The van der Waals surface area contributed by atoms with Crippen molar-refractivity contribution >= 4 is 27.5 Å². The largest absolute Gasteiger partial charge is 0.406 e. The van der Waals surface area contributed by atoms with Crippen molar-refractivity contribution in [3.05, 3.63) is 51.0 Å². The molecule has 0 heterocycles. The molecule has 1 amide bonds. The molecular formula is C12H10BrF3N2O3. The summed E-state index contributed by atoms with van der Waals surface area (Å²) >= 11 is 2.93. The molecule has 0 fully saturated rings. The fraction of sp³-hybridized carbons (Fsp3) is 0.250. The number of hydrogen-bond acceptors (Lipinski definition) is 3. The maximum atomic E-state index is 12.4. The minimum absolute atomic E-state index is 0.134. The van der Waals surface area contributed by atoms with Gasteiger partial charge in [-0.3, -0.25) is 14.9 Å². The molecule has 0 bridgehead atoms. The standard InChI is InChI=1S/C12H10BrF3N2O3/c1-2-5-17(7-12(14,15)16)11(19)8-3-4-9(13)10(6-8)18(20)21/h2-4,6H,1,5,7H2. The fourth-order valence-electron chi connectivity index (χ4n) is 1.56. The average molecular weight is 367 g/mol. The maximum absolute atomic E-state index is 12.4. The van der Waals surface area contributed by atoms with Gasteiger partial charge < -0.3 is 4.90 Å². The maximum Gasteiger partial charge on any atom is 0.406 e. The first-order valence-corrected chi connectivity index (χ1v) is 6.36. The summed E-state index contributed by atoms with van der Waals surface area (Å²) in [6.07, 6.45) is -3.42. The number of nitrogens with zero attached hydrogens (tertiary/aromatic N) is 2. The lowest BCUT2D eigenvalue weighted by atomic mass is 10.1. The van der Waals surface area contributed by atoms with Gasteiger partial charge in [0.2, 0.25) is 0 Å². The summed E-state index contributed by atoms with van der Waals surface area (Å²) in [6.45, 7) is 1.52. The third-order valence-corrected chi connectivity index (χ3v) is 3.07. The van der Waals surface area contributed by atoms with E-state index in [0.717, 1.165) is 12.1 Å². The van der Waals surface area contributed by atoms with Crippen LogP contribution in [0.25, 0.3) is 0 Å². The third-order valence-electron chi connectivity index (χ3n) is 2.40. The quantitative estimate of drug-likeness (QED) is 0.454. The molecule has 0 radical (unpaired) electrons. The van der Waals surface area contributed by atoms with Gasteiger partial charge in [0.15, 0.2) is 0 Å². The van der Waals surface area contributed by atoms with Crippen LogP contribution >= 0.6 is 15.9 Å². The highest BCUT2D eigenvalue weighted by Crippen LogP contribution is 2.26. The third kappa shape index (κ3) is 4.85. The van der Waals surface area contributed by atoms with E-state index in [9.17, 15) is 28.1 Å². The monoisotopic (exact) mass is 366 g/mol. The fourth-order valence-corrected chi connectivity index (χ4v) is 1.95. The summed E-state index contributed by atoms with van der Waals surface area (Å²) in [5.41, 5.74) is -0.595. The van der Waals surface area contributed by atoms with Crippen molar-refractivity contribution < 1.29 is 22.9 Å². The number of nitro benzene ring substituents is 1. The first kappa shape index (κ1) is 17.2. The van der Waals surface area contributed by atoms with E-state index < -0.39 is 29.2 Å². The molecule has 0 unspecified atom stereocenters. The Bertz CT molecular complexity index is 575. The zero-order chi connectivity index (χ0) is 16.2. The minimum Gasteiger partial charge on any atom is -0.326 e. The van der Waals surface area contributed by atoms with E-state index in [0.29, 0.717) is 4.90 Å². The summed E-state index contributed by atoms with van der Waals surface area (Å²) in [7, 11) is 0. The molecule has 5 nitrogen and oxygen atoms in total. The highest BCUT2D eigenvalue weighted by molar-refractivity contribution is 9.10. The van der Waals surface area contributed by atoms with Crippen LogP contribution in [-0.2, 0) is 0 Å². The summed E-state index contributed by atoms with van der Waals surface area (Å²) in [5, 5.41) is 10.8. The van der Waals surface area contributed by atoms with Gasteiger partial charge in [0.05, 0.1) is 9.40 Å². The van der Waals surface area contributed by atoms with Gasteiger partial charge in [0, 0.05) is 18.2 Å². The lowest BCUT2D eigenvalue weighted by molar-refractivity contribution is -0.385. The molecule has 114 valence electrons. The molecule has 0 aliphatic rings. The smallest absolute Gasteiger partial charge is 0.326 e. The predicted molar refractivity (Wildman–Crippen MR) is 73.0 cm³/mol. The number of halogens is 4. The molecule has 1 aromatic rings. The second kappa shape index (κ2) is 6.70. The zero-order valence-electron chi connectivity index (χ0n) is 10.6. The SMILES string of the molecule is C=CCN(CC(F)(F)F)C(=O)c1ccc(Br)c([N+](=O)[O-])c1. The molecule has 0 spiro atoms. The second-order valence-electron chi connectivity index (χ2n) is 4.01. The number of hydrogen-bond donors (Lipinski definition) is 0. The lowest BCUT2D eigenvalue weighted by Gasteiger charge is -2.22. The zero-order valence-corrected chi connectivity index (χ0v) is 12.1. The molecule has 0 aromatic heterocycles. The van der Waals surface area contributed by atoms with E-state index >= 15 is 0 Å². The average Bonchev–Trinajstić information content (AvgIpc) is 2.36. The molecule has 1 aromatic carbocycles. The van der Waals surface area contributed by atoms with Crippen LogP contribution in [0.4, 0.5) is 18.9 Å². The van der Waals surface area contributed by atoms with Crippen molar-refractivity contribution in [1.82, 2.24) is 4.90 Å². The molecular weight excluding hydrogens is 357 g/mol. The summed E-state index contributed by atoms with van der Waals surface area (Å²) in [5.74, 6) is -0.956. The van der Waals surface area contributed by atoms with Crippen LogP contribution < -0.4 is 0 Å². The topological polar surface area (TPSA) is 63.5 Å². The molecule has 0 aliphatic carbocycles. The van der Waals surface area contributed by atoms with Gasteiger partial charge in [-0.05, 0) is 28.1 Å². The molecule has 0 saturated heterocycles. The highest BCUT2D eigenvalue weighted by atomic mass is 79.9. The van der Waals surface area contributed by atoms with E-state index in [1.165, 1.54) is 12.1 Å². The van der Waals surface area contributed by atoms with Crippen molar-refractivity contribution in [2.24, 2.45) is 0 Å². The number of carbonyl (C=O) groups is 1. The first-order chi connectivity index (χ1) is 9.65. The Morgan fingerprint density at radius 1 is 1.48 bits per heavy atom. The van der Waals surface area contributed by atoms with Crippen LogP contribution in [0.5, 0.6) is 0 Å². The van der Waals surface area contributed by atoms with Crippen LogP contribution in [0, 0.1) is 10.1 Å². The first-order valence-electron chi connectivity index (χ1n) is 5.56. The highest BCUT2D eigenvalue weighted by Gasteiger charge is 2.33. The molecule has 0 atom stereocenters. The van der Waals surface area contributed by atoms with Gasteiger partial charge in [0.1, 0.15) is 6.54 Å². The van der Waals surface area contributed by atoms with E-state index in [1.54, 1.807) is 0 Å². The Labute approximate surface area is 126 Å². The number of alkyl halides is 3. The molecule has 0 N–H and O–H groups in total. The van der Waals surface area contributed by atoms with Gasteiger partial charge in [-0.25, -0.2) is 0 Å². The normalized spacial score (nSPS) is 11.0. The Hall–Kier alpha value is -1.90. The summed E-state index contributed by atoms with van der Waals surface area (Å²) in [4.78, 5) is 22.6. The Balaban J connectivity index is 3.12. The second-order valence-corrected chi connectivity index (χ2v) is 4.87. The van der Waals surface area contributed by atoms with Crippen molar-refractivity contribution in [1.29, 1.82) is 0 Å². The molecule has 1 rings (SSSR count). The predicted octanol–water partition coefficient (Wildman–Crippen LogP) is 3.55.